The molecule has 0 radical (unpaired) electrons. The van der Waals surface area contributed by atoms with Gasteiger partial charge in [-0.05, 0) is 43.2 Å². The van der Waals surface area contributed by atoms with Gasteiger partial charge >= 0.3 is 0 Å². The lowest BCUT2D eigenvalue weighted by Gasteiger charge is -2.21. The van der Waals surface area contributed by atoms with E-state index in [4.69, 9.17) is 11.6 Å². The smallest absolute Gasteiger partial charge is 0.261 e. The van der Waals surface area contributed by atoms with E-state index in [0.717, 1.165) is 38.8 Å². The lowest BCUT2D eigenvalue weighted by Crippen LogP contribution is -2.32. The number of benzene rings is 2. The van der Waals surface area contributed by atoms with E-state index in [1.54, 1.807) is 30.3 Å². The zero-order chi connectivity index (χ0) is 18.6. The summed E-state index contributed by atoms with van der Waals surface area (Å²) in [5.41, 5.74) is 0.725. The highest BCUT2D eigenvalue weighted by Crippen LogP contribution is 2.25. The first kappa shape index (κ1) is 18.7. The number of rotatable bonds is 4. The number of sulfonamides is 1. The number of carbonyl (C=O) groups is 1. The molecular formula is C19H21ClN2O3S. The van der Waals surface area contributed by atoms with E-state index in [2.05, 4.69) is 4.72 Å². The van der Waals surface area contributed by atoms with Gasteiger partial charge in [0.25, 0.3) is 15.9 Å². The van der Waals surface area contributed by atoms with Gasteiger partial charge in [-0.2, -0.15) is 0 Å². The molecule has 0 spiro atoms. The van der Waals surface area contributed by atoms with Crippen LogP contribution in [-0.4, -0.2) is 32.3 Å². The molecule has 1 heterocycles. The largest absolute Gasteiger partial charge is 0.339 e. The summed E-state index contributed by atoms with van der Waals surface area (Å²) in [6.45, 7) is 1.47. The maximum absolute atomic E-state index is 12.7. The van der Waals surface area contributed by atoms with E-state index >= 15 is 0 Å². The van der Waals surface area contributed by atoms with Crippen molar-refractivity contribution in [2.24, 2.45) is 0 Å². The highest BCUT2D eigenvalue weighted by Gasteiger charge is 2.21. The summed E-state index contributed by atoms with van der Waals surface area (Å²) in [4.78, 5) is 14.7. The average Bonchev–Trinajstić information content (AvgIpc) is 2.91. The second-order valence-corrected chi connectivity index (χ2v) is 8.41. The van der Waals surface area contributed by atoms with E-state index in [9.17, 15) is 13.2 Å². The van der Waals surface area contributed by atoms with E-state index in [0.29, 0.717) is 11.3 Å². The fourth-order valence-electron chi connectivity index (χ4n) is 3.01. The molecule has 1 saturated heterocycles. The van der Waals surface area contributed by atoms with Crippen LogP contribution in [0.5, 0.6) is 0 Å². The Balaban J connectivity index is 1.78. The molecular weight excluding hydrogens is 372 g/mol. The van der Waals surface area contributed by atoms with E-state index in [1.807, 2.05) is 4.90 Å². The van der Waals surface area contributed by atoms with E-state index < -0.39 is 10.0 Å². The Hall–Kier alpha value is -2.05. The highest BCUT2D eigenvalue weighted by molar-refractivity contribution is 7.92. The molecule has 0 saturated carbocycles. The summed E-state index contributed by atoms with van der Waals surface area (Å²) in [6.07, 6.45) is 4.27. The molecule has 1 N–H and O–H groups in total. The Morgan fingerprint density at radius 1 is 0.962 bits per heavy atom. The fourth-order valence-corrected chi connectivity index (χ4v) is 4.34. The molecule has 0 bridgehead atoms. The molecule has 26 heavy (non-hydrogen) atoms. The predicted octanol–water partition coefficient (Wildman–Crippen LogP) is 4.16. The van der Waals surface area contributed by atoms with Gasteiger partial charge in [0.2, 0.25) is 0 Å². The van der Waals surface area contributed by atoms with Crippen LogP contribution in [0.3, 0.4) is 0 Å². The maximum Gasteiger partial charge on any atom is 0.261 e. The van der Waals surface area contributed by atoms with Crippen molar-refractivity contribution in [2.45, 2.75) is 30.6 Å². The monoisotopic (exact) mass is 392 g/mol. The molecule has 7 heteroatoms. The van der Waals surface area contributed by atoms with Gasteiger partial charge in [0, 0.05) is 13.1 Å². The zero-order valence-corrected chi connectivity index (χ0v) is 15.9. The normalized spacial score (nSPS) is 15.3. The first-order valence-electron chi connectivity index (χ1n) is 8.64. The molecule has 0 atom stereocenters. The van der Waals surface area contributed by atoms with Crippen LogP contribution in [0, 0.1) is 0 Å². The fraction of sp³-hybridized carbons (Fsp3) is 0.316. The number of nitrogens with zero attached hydrogens (tertiary/aromatic N) is 1. The Labute approximate surface area is 159 Å². The third-order valence-corrected chi connectivity index (χ3v) is 6.11. The number of halogens is 1. The summed E-state index contributed by atoms with van der Waals surface area (Å²) < 4.78 is 27.3. The predicted molar refractivity (Wildman–Crippen MR) is 103 cm³/mol. The quantitative estimate of drug-likeness (QED) is 0.849. The minimum Gasteiger partial charge on any atom is -0.339 e. The van der Waals surface area contributed by atoms with E-state index in [-0.39, 0.29) is 15.8 Å². The number of nitrogens with one attached hydrogen (secondary N) is 1. The number of hydrogen-bond donors (Lipinski definition) is 1. The summed E-state index contributed by atoms with van der Waals surface area (Å²) in [5.74, 6) is -0.102. The molecule has 1 fully saturated rings. The molecule has 0 unspecified atom stereocenters. The average molecular weight is 393 g/mol. The van der Waals surface area contributed by atoms with Crippen LogP contribution in [0.2, 0.25) is 5.02 Å². The van der Waals surface area contributed by atoms with Crippen molar-refractivity contribution in [1.29, 1.82) is 0 Å². The van der Waals surface area contributed by atoms with Crippen molar-refractivity contribution in [3.63, 3.8) is 0 Å². The standard InChI is InChI=1S/C19H21ClN2O3S/c20-18-14-15(21-26(24,25)16-8-4-3-5-9-16)10-11-17(18)19(23)22-12-6-1-2-7-13-22/h3-5,8-11,14,21H,1-2,6-7,12-13H2. The number of carbonyl (C=O) groups excluding carboxylic acids is 1. The van der Waals surface area contributed by atoms with Gasteiger partial charge in [-0.15, -0.1) is 0 Å². The lowest BCUT2D eigenvalue weighted by molar-refractivity contribution is 0.0762. The SMILES string of the molecule is O=C(c1ccc(NS(=O)(=O)c2ccccc2)cc1Cl)N1CCCCCC1. The molecule has 1 aliphatic heterocycles. The maximum atomic E-state index is 12.7. The third-order valence-electron chi connectivity index (χ3n) is 4.40. The minimum atomic E-state index is -3.69. The summed E-state index contributed by atoms with van der Waals surface area (Å²) in [5, 5.41) is 0.243. The van der Waals surface area contributed by atoms with Gasteiger partial charge in [0.15, 0.2) is 0 Å². The van der Waals surface area contributed by atoms with Gasteiger partial charge in [0.1, 0.15) is 0 Å². The molecule has 0 aromatic heterocycles. The molecule has 5 nitrogen and oxygen atoms in total. The number of hydrogen-bond acceptors (Lipinski definition) is 3. The summed E-state index contributed by atoms with van der Waals surface area (Å²) in [6, 6.07) is 12.7. The number of amides is 1. The summed E-state index contributed by atoms with van der Waals surface area (Å²) >= 11 is 6.28. The first-order chi connectivity index (χ1) is 12.5. The lowest BCUT2D eigenvalue weighted by atomic mass is 10.1. The number of anilines is 1. The van der Waals surface area contributed by atoms with Crippen molar-refractivity contribution in [3.8, 4) is 0 Å². The summed E-state index contributed by atoms with van der Waals surface area (Å²) in [7, 11) is -3.69. The Kier molecular flexibility index (Phi) is 5.84. The second-order valence-electron chi connectivity index (χ2n) is 6.32. The van der Waals surface area contributed by atoms with Crippen LogP contribution in [-0.2, 0) is 10.0 Å². The van der Waals surface area contributed by atoms with Gasteiger partial charge in [0.05, 0.1) is 21.2 Å². The highest BCUT2D eigenvalue weighted by atomic mass is 35.5. The Bertz CT molecular complexity index is 877. The van der Waals surface area contributed by atoms with Gasteiger partial charge in [-0.3, -0.25) is 9.52 Å². The first-order valence-corrected chi connectivity index (χ1v) is 10.5. The molecule has 2 aromatic rings. The van der Waals surface area contributed by atoms with Crippen LogP contribution in [0.4, 0.5) is 5.69 Å². The van der Waals surface area contributed by atoms with Crippen LogP contribution < -0.4 is 4.72 Å². The van der Waals surface area contributed by atoms with Crippen LogP contribution in [0.15, 0.2) is 53.4 Å². The van der Waals surface area contributed by atoms with Crippen LogP contribution in [0.1, 0.15) is 36.0 Å². The van der Waals surface area contributed by atoms with Crippen molar-refractivity contribution < 1.29 is 13.2 Å². The van der Waals surface area contributed by atoms with Gasteiger partial charge in [-0.25, -0.2) is 8.42 Å². The number of likely N-dealkylation sites (tertiary alicyclic amines) is 1. The van der Waals surface area contributed by atoms with Crippen molar-refractivity contribution in [3.05, 3.63) is 59.1 Å². The van der Waals surface area contributed by atoms with Gasteiger partial charge < -0.3 is 4.90 Å². The van der Waals surface area contributed by atoms with Crippen molar-refractivity contribution in [1.82, 2.24) is 4.90 Å². The topological polar surface area (TPSA) is 66.5 Å². The second kappa shape index (κ2) is 8.10. The molecule has 3 rings (SSSR count). The Morgan fingerprint density at radius 3 is 2.23 bits per heavy atom. The third kappa shape index (κ3) is 4.37. The molecule has 1 amide bonds. The van der Waals surface area contributed by atoms with Crippen LogP contribution >= 0.6 is 11.6 Å². The van der Waals surface area contributed by atoms with Crippen LogP contribution in [0.25, 0.3) is 0 Å². The Morgan fingerprint density at radius 2 is 1.62 bits per heavy atom. The molecule has 2 aromatic carbocycles. The minimum absolute atomic E-state index is 0.102. The van der Waals surface area contributed by atoms with Crippen molar-refractivity contribution in [2.75, 3.05) is 17.8 Å². The van der Waals surface area contributed by atoms with E-state index in [1.165, 1.54) is 18.2 Å². The molecule has 1 aliphatic rings. The molecule has 138 valence electrons. The zero-order valence-electron chi connectivity index (χ0n) is 14.3. The van der Waals surface area contributed by atoms with Gasteiger partial charge in [-0.1, -0.05) is 42.6 Å². The van der Waals surface area contributed by atoms with Crippen molar-refractivity contribution >= 4 is 33.2 Å². The molecule has 0 aliphatic carbocycles.